The van der Waals surface area contributed by atoms with E-state index >= 15 is 0 Å². The van der Waals surface area contributed by atoms with Gasteiger partial charge in [0, 0.05) is 13.0 Å². The Kier molecular flexibility index (Phi) is 10.5. The number of aliphatic hydroxyl groups excluding tert-OH is 1. The molecule has 9 nitrogen and oxygen atoms in total. The highest BCUT2D eigenvalue weighted by Crippen LogP contribution is 2.16. The van der Waals surface area contributed by atoms with E-state index in [2.05, 4.69) is 10.6 Å². The summed E-state index contributed by atoms with van der Waals surface area (Å²) < 4.78 is 10.9. The highest BCUT2D eigenvalue weighted by molar-refractivity contribution is 5.87. The Labute approximate surface area is 215 Å². The van der Waals surface area contributed by atoms with Crippen LogP contribution in [0, 0.1) is 0 Å². The first kappa shape index (κ1) is 27.2. The summed E-state index contributed by atoms with van der Waals surface area (Å²) >= 11 is 0. The van der Waals surface area contributed by atoms with Crippen LogP contribution in [0.1, 0.15) is 23.1 Å². The van der Waals surface area contributed by atoms with Crippen LogP contribution in [-0.2, 0) is 34.0 Å². The van der Waals surface area contributed by atoms with Crippen LogP contribution in [0.4, 0.5) is 4.79 Å². The van der Waals surface area contributed by atoms with E-state index in [9.17, 15) is 19.5 Å². The third-order valence-electron chi connectivity index (χ3n) is 5.38. The molecule has 0 fully saturated rings. The summed E-state index contributed by atoms with van der Waals surface area (Å²) in [4.78, 5) is 36.2. The number of carbonyl (C=O) groups excluding carboxylic acids is 3. The van der Waals surface area contributed by atoms with Crippen molar-refractivity contribution in [3.8, 4) is 5.75 Å². The maximum absolute atomic E-state index is 12.4. The van der Waals surface area contributed by atoms with Gasteiger partial charge in [-0.15, -0.1) is 0 Å². The van der Waals surface area contributed by atoms with E-state index in [1.807, 2.05) is 60.7 Å². The topological polar surface area (TPSA) is 140 Å². The highest BCUT2D eigenvalue weighted by Gasteiger charge is 2.21. The molecule has 0 saturated carbocycles. The average Bonchev–Trinajstić information content (AvgIpc) is 2.90. The van der Waals surface area contributed by atoms with E-state index in [4.69, 9.17) is 15.2 Å². The number of hydrogen-bond acceptors (Lipinski definition) is 6. The number of hydrogen-bond donors (Lipinski definition) is 4. The van der Waals surface area contributed by atoms with Crippen LogP contribution in [-0.4, -0.2) is 41.7 Å². The first-order valence-corrected chi connectivity index (χ1v) is 11.9. The maximum Gasteiger partial charge on any atom is 0.407 e. The van der Waals surface area contributed by atoms with Crippen molar-refractivity contribution in [1.82, 2.24) is 10.6 Å². The number of aliphatic hydroxyl groups is 1. The number of carbonyl (C=O) groups is 3. The predicted molar refractivity (Wildman–Crippen MR) is 137 cm³/mol. The Morgan fingerprint density at radius 3 is 2.11 bits per heavy atom. The van der Waals surface area contributed by atoms with Crippen LogP contribution in [0.5, 0.6) is 5.75 Å². The molecular weight excluding hydrogens is 474 g/mol. The molecule has 2 atom stereocenters. The minimum atomic E-state index is -1.17. The Hall–Kier alpha value is -4.37. The number of primary amides is 1. The van der Waals surface area contributed by atoms with Crippen LogP contribution in [0.2, 0.25) is 0 Å². The monoisotopic (exact) mass is 505 g/mol. The lowest BCUT2D eigenvalue weighted by atomic mass is 10.0. The van der Waals surface area contributed by atoms with Crippen LogP contribution in [0.25, 0.3) is 0 Å². The maximum atomic E-state index is 12.4. The second kappa shape index (κ2) is 14.3. The van der Waals surface area contributed by atoms with Gasteiger partial charge in [0.15, 0.2) is 0 Å². The fourth-order valence-electron chi connectivity index (χ4n) is 3.48. The van der Waals surface area contributed by atoms with Crippen molar-refractivity contribution in [2.45, 2.75) is 38.2 Å². The molecule has 0 unspecified atom stereocenters. The van der Waals surface area contributed by atoms with E-state index in [0.717, 1.165) is 16.7 Å². The van der Waals surface area contributed by atoms with Crippen LogP contribution < -0.4 is 21.1 Å². The van der Waals surface area contributed by atoms with Crippen molar-refractivity contribution in [2.75, 3.05) is 6.54 Å². The fourth-order valence-corrected chi connectivity index (χ4v) is 3.48. The lowest BCUT2D eigenvalue weighted by Crippen LogP contribution is -2.47. The summed E-state index contributed by atoms with van der Waals surface area (Å²) in [5.74, 6) is -0.662. The van der Waals surface area contributed by atoms with Crippen LogP contribution in [0.3, 0.4) is 0 Å². The van der Waals surface area contributed by atoms with Gasteiger partial charge in [0.2, 0.25) is 11.8 Å². The van der Waals surface area contributed by atoms with Crippen LogP contribution in [0.15, 0.2) is 84.9 Å². The van der Waals surface area contributed by atoms with Gasteiger partial charge in [-0.25, -0.2) is 4.79 Å². The van der Waals surface area contributed by atoms with Crippen LogP contribution >= 0.6 is 0 Å². The molecule has 9 heteroatoms. The molecule has 3 amide bonds. The molecule has 0 radical (unpaired) electrons. The molecule has 0 aliphatic heterocycles. The lowest BCUT2D eigenvalue weighted by molar-refractivity contribution is -0.128. The number of amides is 3. The SMILES string of the molecule is NC(=O)[C@@H](Cc1cccc(OCc2ccccc2)c1)NC(=O)C[C@H](O)CNC(=O)OCc1ccccc1. The second-order valence-electron chi connectivity index (χ2n) is 8.45. The normalized spacial score (nSPS) is 12.1. The smallest absolute Gasteiger partial charge is 0.407 e. The highest BCUT2D eigenvalue weighted by atomic mass is 16.5. The largest absolute Gasteiger partial charge is 0.489 e. The summed E-state index contributed by atoms with van der Waals surface area (Å²) in [5, 5.41) is 15.1. The zero-order chi connectivity index (χ0) is 26.5. The van der Waals surface area contributed by atoms with E-state index in [0.29, 0.717) is 12.4 Å². The molecule has 5 N–H and O–H groups in total. The van der Waals surface area contributed by atoms with Gasteiger partial charge in [-0.3, -0.25) is 9.59 Å². The number of benzene rings is 3. The Morgan fingerprint density at radius 1 is 0.838 bits per heavy atom. The quantitative estimate of drug-likeness (QED) is 0.281. The molecule has 0 aliphatic rings. The third kappa shape index (κ3) is 10.0. The van der Waals surface area contributed by atoms with Crippen molar-refractivity contribution >= 4 is 17.9 Å². The Bertz CT molecular complexity index is 1160. The number of ether oxygens (including phenoxy) is 2. The molecular formula is C28H31N3O6. The number of nitrogens with one attached hydrogen (secondary N) is 2. The van der Waals surface area contributed by atoms with Gasteiger partial charge < -0.3 is 30.9 Å². The number of rotatable bonds is 13. The number of alkyl carbamates (subject to hydrolysis) is 1. The molecule has 37 heavy (non-hydrogen) atoms. The summed E-state index contributed by atoms with van der Waals surface area (Å²) in [6, 6.07) is 25.1. The Balaban J connectivity index is 1.43. The van der Waals surface area contributed by atoms with Crippen molar-refractivity contribution in [3.05, 3.63) is 102 Å². The van der Waals surface area contributed by atoms with Gasteiger partial charge in [0.25, 0.3) is 0 Å². The lowest BCUT2D eigenvalue weighted by Gasteiger charge is -2.18. The first-order valence-electron chi connectivity index (χ1n) is 11.9. The molecule has 3 aromatic rings. The number of nitrogens with two attached hydrogens (primary N) is 1. The second-order valence-corrected chi connectivity index (χ2v) is 8.45. The van der Waals surface area contributed by atoms with Crippen molar-refractivity contribution in [2.24, 2.45) is 5.73 Å². The molecule has 0 aromatic heterocycles. The third-order valence-corrected chi connectivity index (χ3v) is 5.38. The van der Waals surface area contributed by atoms with Gasteiger partial charge in [-0.05, 0) is 28.8 Å². The zero-order valence-electron chi connectivity index (χ0n) is 20.3. The van der Waals surface area contributed by atoms with Crippen molar-refractivity contribution in [1.29, 1.82) is 0 Å². The molecule has 3 rings (SSSR count). The van der Waals surface area contributed by atoms with Crippen molar-refractivity contribution < 1.29 is 29.0 Å². The minimum Gasteiger partial charge on any atom is -0.489 e. The minimum absolute atomic E-state index is 0.0854. The summed E-state index contributed by atoms with van der Waals surface area (Å²) in [5.41, 5.74) is 8.09. The molecule has 0 saturated heterocycles. The van der Waals surface area contributed by atoms with E-state index in [1.54, 1.807) is 24.3 Å². The van der Waals surface area contributed by atoms with Gasteiger partial charge in [0.05, 0.1) is 12.5 Å². The van der Waals surface area contributed by atoms with E-state index in [-0.39, 0.29) is 26.0 Å². The zero-order valence-corrected chi connectivity index (χ0v) is 20.3. The molecule has 0 bridgehead atoms. The summed E-state index contributed by atoms with van der Waals surface area (Å²) in [6.07, 6.45) is -2.06. The van der Waals surface area contributed by atoms with Gasteiger partial charge in [-0.1, -0.05) is 72.8 Å². The summed E-state index contributed by atoms with van der Waals surface area (Å²) in [7, 11) is 0. The average molecular weight is 506 g/mol. The fraction of sp³-hybridized carbons (Fsp3) is 0.250. The first-order chi connectivity index (χ1) is 17.9. The van der Waals surface area contributed by atoms with Gasteiger partial charge >= 0.3 is 6.09 Å². The summed E-state index contributed by atoms with van der Waals surface area (Å²) in [6.45, 7) is 0.289. The van der Waals surface area contributed by atoms with Gasteiger partial charge in [0.1, 0.15) is 25.0 Å². The molecule has 0 spiro atoms. The molecule has 0 heterocycles. The van der Waals surface area contributed by atoms with Crippen molar-refractivity contribution in [3.63, 3.8) is 0 Å². The van der Waals surface area contributed by atoms with E-state index < -0.39 is 30.1 Å². The molecule has 3 aromatic carbocycles. The molecule has 194 valence electrons. The standard InChI is InChI=1S/C28H31N3O6/c29-27(34)25(15-22-12-7-13-24(14-22)36-18-20-8-3-1-4-9-20)31-26(33)16-23(32)17-30-28(35)37-19-21-10-5-2-6-11-21/h1-14,23,25,32H,15-19H2,(H2,29,34)(H,30,35)(H,31,33)/t23-,25+/m0/s1. The van der Waals surface area contributed by atoms with Gasteiger partial charge in [-0.2, -0.15) is 0 Å². The molecule has 0 aliphatic carbocycles. The Morgan fingerprint density at radius 2 is 1.46 bits per heavy atom. The predicted octanol–water partition coefficient (Wildman–Crippen LogP) is 2.46. The van der Waals surface area contributed by atoms with E-state index in [1.165, 1.54) is 0 Å².